The Bertz CT molecular complexity index is 289. The molecule has 0 fully saturated rings. The molecule has 78 valence electrons. The second-order valence-electron chi connectivity index (χ2n) is 4.38. The van der Waals surface area contributed by atoms with E-state index in [1.807, 2.05) is 26.1 Å². The molecule has 1 aromatic rings. The predicted molar refractivity (Wildman–Crippen MR) is 58.0 cm³/mol. The molecule has 0 aliphatic carbocycles. The summed E-state index contributed by atoms with van der Waals surface area (Å²) < 4.78 is 0. The maximum Gasteiger partial charge on any atom is 0.130 e. The molecular formula is C11H19N3. The molecular weight excluding hydrogens is 174 g/mol. The summed E-state index contributed by atoms with van der Waals surface area (Å²) in [7, 11) is 0. The molecule has 0 amide bonds. The van der Waals surface area contributed by atoms with Crippen LogP contribution in [0, 0.1) is 0 Å². The van der Waals surface area contributed by atoms with E-state index in [-0.39, 0.29) is 5.54 Å². The Kier molecular flexibility index (Phi) is 3.58. The zero-order valence-electron chi connectivity index (χ0n) is 9.25. The van der Waals surface area contributed by atoms with Crippen molar-refractivity contribution in [2.45, 2.75) is 45.6 Å². The van der Waals surface area contributed by atoms with Gasteiger partial charge in [0.15, 0.2) is 0 Å². The van der Waals surface area contributed by atoms with Gasteiger partial charge in [0.05, 0.1) is 0 Å². The van der Waals surface area contributed by atoms with E-state index in [9.17, 15) is 0 Å². The predicted octanol–water partition coefficient (Wildman–Crippen LogP) is 1.71. The van der Waals surface area contributed by atoms with Crippen LogP contribution in [0.25, 0.3) is 0 Å². The molecule has 0 aromatic carbocycles. The third kappa shape index (κ3) is 3.83. The van der Waals surface area contributed by atoms with Crippen molar-refractivity contribution in [2.24, 2.45) is 5.73 Å². The van der Waals surface area contributed by atoms with Gasteiger partial charge in [0.2, 0.25) is 0 Å². The molecule has 0 atom stereocenters. The highest BCUT2D eigenvalue weighted by atomic mass is 14.9. The van der Waals surface area contributed by atoms with Crippen molar-refractivity contribution in [2.75, 3.05) is 0 Å². The minimum Gasteiger partial charge on any atom is -0.325 e. The van der Waals surface area contributed by atoms with Crippen LogP contribution in [0.1, 0.15) is 38.7 Å². The van der Waals surface area contributed by atoms with Crippen LogP contribution in [0.4, 0.5) is 0 Å². The number of hydrogen-bond donors (Lipinski definition) is 1. The lowest BCUT2D eigenvalue weighted by molar-refractivity contribution is 0.501. The van der Waals surface area contributed by atoms with E-state index in [1.165, 1.54) is 0 Å². The van der Waals surface area contributed by atoms with Crippen molar-refractivity contribution in [3.8, 4) is 0 Å². The molecule has 1 heterocycles. The van der Waals surface area contributed by atoms with Gasteiger partial charge < -0.3 is 5.73 Å². The fraction of sp³-hybridized carbons (Fsp3) is 0.636. The van der Waals surface area contributed by atoms with Gasteiger partial charge in [-0.1, -0.05) is 13.3 Å². The van der Waals surface area contributed by atoms with E-state index < -0.39 is 0 Å². The van der Waals surface area contributed by atoms with Gasteiger partial charge >= 0.3 is 0 Å². The molecule has 14 heavy (non-hydrogen) atoms. The van der Waals surface area contributed by atoms with Crippen molar-refractivity contribution in [1.29, 1.82) is 0 Å². The van der Waals surface area contributed by atoms with Crippen LogP contribution in [0.2, 0.25) is 0 Å². The van der Waals surface area contributed by atoms with Gasteiger partial charge in [0, 0.05) is 23.9 Å². The summed E-state index contributed by atoms with van der Waals surface area (Å²) in [6.07, 6.45) is 4.67. The summed E-state index contributed by atoms with van der Waals surface area (Å²) in [5.41, 5.74) is 6.79. The first-order chi connectivity index (χ1) is 6.51. The summed E-state index contributed by atoms with van der Waals surface area (Å²) in [5, 5.41) is 0. The highest BCUT2D eigenvalue weighted by molar-refractivity contribution is 5.04. The van der Waals surface area contributed by atoms with Gasteiger partial charge in [0.1, 0.15) is 5.82 Å². The maximum absolute atomic E-state index is 5.91. The Hall–Kier alpha value is -0.960. The molecule has 0 aliphatic rings. The normalized spacial score (nSPS) is 11.7. The van der Waals surface area contributed by atoms with Crippen molar-refractivity contribution >= 4 is 0 Å². The van der Waals surface area contributed by atoms with Crippen LogP contribution in [-0.4, -0.2) is 15.5 Å². The zero-order chi connectivity index (χ0) is 10.6. The number of hydrogen-bond acceptors (Lipinski definition) is 3. The summed E-state index contributed by atoms with van der Waals surface area (Å²) >= 11 is 0. The average Bonchev–Trinajstić information content (AvgIpc) is 2.02. The van der Waals surface area contributed by atoms with Crippen molar-refractivity contribution in [3.63, 3.8) is 0 Å². The molecule has 0 saturated heterocycles. The topological polar surface area (TPSA) is 51.8 Å². The highest BCUT2D eigenvalue weighted by Gasteiger charge is 2.13. The van der Waals surface area contributed by atoms with Crippen molar-refractivity contribution in [3.05, 3.63) is 23.8 Å². The monoisotopic (exact) mass is 193 g/mol. The molecule has 3 nitrogen and oxygen atoms in total. The second-order valence-corrected chi connectivity index (χ2v) is 4.38. The standard InChI is InChI=1S/C11H19N3/c1-4-5-9-6-7-13-10(14-9)8-11(2,3)12/h6-7H,4-5,8,12H2,1-3H3. The molecule has 1 aromatic heterocycles. The smallest absolute Gasteiger partial charge is 0.130 e. The first-order valence-electron chi connectivity index (χ1n) is 5.11. The van der Waals surface area contributed by atoms with Gasteiger partial charge in [-0.05, 0) is 26.3 Å². The van der Waals surface area contributed by atoms with Gasteiger partial charge in [0.25, 0.3) is 0 Å². The van der Waals surface area contributed by atoms with Crippen molar-refractivity contribution in [1.82, 2.24) is 9.97 Å². The first kappa shape index (κ1) is 11.1. The lowest BCUT2D eigenvalue weighted by atomic mass is 10.0. The Morgan fingerprint density at radius 1 is 1.43 bits per heavy atom. The van der Waals surface area contributed by atoms with Gasteiger partial charge in [-0.3, -0.25) is 0 Å². The SMILES string of the molecule is CCCc1ccnc(CC(C)(C)N)n1. The van der Waals surface area contributed by atoms with Gasteiger partial charge in [-0.25, -0.2) is 9.97 Å². The van der Waals surface area contributed by atoms with E-state index in [4.69, 9.17) is 5.73 Å². The van der Waals surface area contributed by atoms with Crippen LogP contribution in [0.5, 0.6) is 0 Å². The summed E-state index contributed by atoms with van der Waals surface area (Å²) in [6, 6.07) is 1.97. The first-order valence-corrected chi connectivity index (χ1v) is 5.11. The lowest BCUT2D eigenvalue weighted by Gasteiger charge is -2.16. The van der Waals surface area contributed by atoms with Gasteiger partial charge in [-0.2, -0.15) is 0 Å². The maximum atomic E-state index is 5.91. The van der Waals surface area contributed by atoms with Crippen molar-refractivity contribution < 1.29 is 0 Å². The number of nitrogens with two attached hydrogens (primary N) is 1. The molecule has 0 spiro atoms. The highest BCUT2D eigenvalue weighted by Crippen LogP contribution is 2.06. The van der Waals surface area contributed by atoms with E-state index in [0.717, 1.165) is 30.8 Å². The third-order valence-corrected chi connectivity index (χ3v) is 1.88. The average molecular weight is 193 g/mol. The molecule has 0 bridgehead atoms. The van der Waals surface area contributed by atoms with Gasteiger partial charge in [-0.15, -0.1) is 0 Å². The van der Waals surface area contributed by atoms with Crippen LogP contribution in [-0.2, 0) is 12.8 Å². The van der Waals surface area contributed by atoms with Crippen LogP contribution in [0.3, 0.4) is 0 Å². The number of aryl methyl sites for hydroxylation is 1. The molecule has 3 heteroatoms. The largest absolute Gasteiger partial charge is 0.325 e. The molecule has 0 unspecified atom stereocenters. The Morgan fingerprint density at radius 3 is 2.71 bits per heavy atom. The minimum atomic E-state index is -0.231. The summed E-state index contributed by atoms with van der Waals surface area (Å²) in [4.78, 5) is 8.67. The zero-order valence-corrected chi connectivity index (χ0v) is 9.25. The van der Waals surface area contributed by atoms with E-state index >= 15 is 0 Å². The number of rotatable bonds is 4. The number of aromatic nitrogens is 2. The second kappa shape index (κ2) is 4.51. The summed E-state index contributed by atoms with van der Waals surface area (Å²) in [5.74, 6) is 0.850. The Balaban J connectivity index is 2.73. The molecule has 2 N–H and O–H groups in total. The number of nitrogens with zero attached hydrogens (tertiary/aromatic N) is 2. The molecule has 1 rings (SSSR count). The van der Waals surface area contributed by atoms with E-state index in [1.54, 1.807) is 0 Å². The fourth-order valence-corrected chi connectivity index (χ4v) is 1.33. The van der Waals surface area contributed by atoms with Crippen LogP contribution < -0.4 is 5.73 Å². The summed E-state index contributed by atoms with van der Waals surface area (Å²) in [6.45, 7) is 6.13. The van der Waals surface area contributed by atoms with Crippen LogP contribution in [0.15, 0.2) is 12.3 Å². The minimum absolute atomic E-state index is 0.231. The van der Waals surface area contributed by atoms with Crippen LogP contribution >= 0.6 is 0 Å². The van der Waals surface area contributed by atoms with E-state index in [2.05, 4.69) is 16.9 Å². The lowest BCUT2D eigenvalue weighted by Crippen LogP contribution is -2.35. The third-order valence-electron chi connectivity index (χ3n) is 1.88. The fourth-order valence-electron chi connectivity index (χ4n) is 1.33. The Labute approximate surface area is 85.8 Å². The quantitative estimate of drug-likeness (QED) is 0.792. The van der Waals surface area contributed by atoms with E-state index in [0.29, 0.717) is 0 Å². The Morgan fingerprint density at radius 2 is 2.14 bits per heavy atom. The molecule has 0 saturated carbocycles. The molecule has 0 radical (unpaired) electrons. The molecule has 0 aliphatic heterocycles.